The van der Waals surface area contributed by atoms with E-state index in [1.807, 2.05) is 24.3 Å². The Bertz CT molecular complexity index is 1400. The fourth-order valence-electron chi connectivity index (χ4n) is 4.56. The topological polar surface area (TPSA) is 130 Å². The van der Waals surface area contributed by atoms with Crippen LogP contribution in [0, 0.1) is 0 Å². The van der Waals surface area contributed by atoms with Crippen LogP contribution in [0.4, 0.5) is 11.6 Å². The molecule has 0 bridgehead atoms. The summed E-state index contributed by atoms with van der Waals surface area (Å²) in [4.78, 5) is 17.1. The number of aromatic nitrogens is 5. The van der Waals surface area contributed by atoms with Crippen molar-refractivity contribution in [3.05, 3.63) is 80.8 Å². The maximum Gasteiger partial charge on any atom is 0.434 e. The van der Waals surface area contributed by atoms with Crippen molar-refractivity contribution in [1.29, 1.82) is 0 Å². The van der Waals surface area contributed by atoms with Crippen molar-refractivity contribution in [3.63, 3.8) is 0 Å². The van der Waals surface area contributed by atoms with Crippen molar-refractivity contribution in [3.8, 4) is 0 Å². The van der Waals surface area contributed by atoms with Gasteiger partial charge in [-0.15, -0.1) is 5.10 Å². The normalized spacial score (nSPS) is 21.0. The van der Waals surface area contributed by atoms with E-state index in [-0.39, 0.29) is 5.25 Å². The zero-order valence-electron chi connectivity index (χ0n) is 18.5. The molecule has 1 fully saturated rings. The van der Waals surface area contributed by atoms with Crippen LogP contribution in [-0.2, 0) is 22.6 Å². The van der Waals surface area contributed by atoms with Crippen LogP contribution >= 0.6 is 23.2 Å². The van der Waals surface area contributed by atoms with Gasteiger partial charge in [-0.05, 0) is 49.9 Å². The van der Waals surface area contributed by atoms with Crippen LogP contribution in [0.2, 0.25) is 10.0 Å². The smallest absolute Gasteiger partial charge is 0.392 e. The Morgan fingerprint density at radius 3 is 2.63 bits per heavy atom. The van der Waals surface area contributed by atoms with Crippen LogP contribution in [0.1, 0.15) is 37.3 Å². The van der Waals surface area contributed by atoms with Gasteiger partial charge in [0.2, 0.25) is 5.89 Å². The number of aromatic amines is 2. The van der Waals surface area contributed by atoms with E-state index in [9.17, 15) is 9.00 Å². The summed E-state index contributed by atoms with van der Waals surface area (Å²) in [5.74, 6) is 1.14. The Kier molecular flexibility index (Phi) is 6.77. The summed E-state index contributed by atoms with van der Waals surface area (Å²) in [6.45, 7) is 0. The average molecular weight is 533 g/mol. The van der Waals surface area contributed by atoms with Crippen LogP contribution in [-0.4, -0.2) is 34.8 Å². The van der Waals surface area contributed by atoms with Gasteiger partial charge in [0.25, 0.3) is 0 Å². The molecule has 9 nitrogen and oxygen atoms in total. The first kappa shape index (κ1) is 23.8. The Labute approximate surface area is 213 Å². The highest BCUT2D eigenvalue weighted by Gasteiger charge is 2.43. The second kappa shape index (κ2) is 9.96. The second-order valence-electron chi connectivity index (χ2n) is 8.53. The lowest BCUT2D eigenvalue weighted by Gasteiger charge is -2.37. The van der Waals surface area contributed by atoms with Crippen molar-refractivity contribution < 1.29 is 8.63 Å². The van der Waals surface area contributed by atoms with Crippen molar-refractivity contribution >= 4 is 45.6 Å². The molecule has 0 aliphatic heterocycles. The first-order valence-corrected chi connectivity index (χ1v) is 13.0. The lowest BCUT2D eigenvalue weighted by atomic mass is 9.70. The fraction of sp³-hybridized carbons (Fsp3) is 0.304. The van der Waals surface area contributed by atoms with Gasteiger partial charge in [0.15, 0.2) is 0 Å². The predicted octanol–water partition coefficient (Wildman–Crippen LogP) is 4.76. The van der Waals surface area contributed by atoms with Crippen molar-refractivity contribution in [2.45, 2.75) is 47.7 Å². The lowest BCUT2D eigenvalue weighted by Crippen LogP contribution is -2.37. The van der Waals surface area contributed by atoms with E-state index in [2.05, 4.69) is 25.7 Å². The molecule has 1 aromatic carbocycles. The molecule has 182 valence electrons. The molecule has 1 unspecified atom stereocenters. The molecular formula is C23H22Cl2N6O3S. The maximum absolute atomic E-state index is 13.3. The molecule has 0 radical (unpaired) electrons. The summed E-state index contributed by atoms with van der Waals surface area (Å²) in [6.07, 6.45) is 4.68. The van der Waals surface area contributed by atoms with Gasteiger partial charge in [0, 0.05) is 23.4 Å². The standard InChI is InChI=1S/C23H22Cl2N6O3S/c24-16-4-2-5-17(20(16)25)35(33)15-7-10-23(11-8-15,21-30-31-22(32)34-21)13-14-3-1-6-18(27-14)28-19-9-12-26-29-19/h1-6,9,12,15H,7-8,10-11,13H2,(H,31,32)(H2,26,27,28,29). The van der Waals surface area contributed by atoms with E-state index in [0.29, 0.717) is 58.8 Å². The van der Waals surface area contributed by atoms with Gasteiger partial charge < -0.3 is 9.73 Å². The lowest BCUT2D eigenvalue weighted by molar-refractivity contribution is 0.230. The number of hydrogen-bond acceptors (Lipinski definition) is 7. The molecule has 3 heterocycles. The molecule has 1 aliphatic carbocycles. The molecule has 3 N–H and O–H groups in total. The Morgan fingerprint density at radius 1 is 1.11 bits per heavy atom. The van der Waals surface area contributed by atoms with Crippen LogP contribution in [0.25, 0.3) is 0 Å². The number of H-pyrrole nitrogens is 2. The number of nitrogens with zero attached hydrogens (tertiary/aromatic N) is 3. The number of pyridine rings is 1. The number of hydrogen-bond donors (Lipinski definition) is 3. The minimum atomic E-state index is -1.32. The summed E-state index contributed by atoms with van der Waals surface area (Å²) in [6, 6.07) is 12.7. The molecule has 0 amide bonds. The third kappa shape index (κ3) is 5.05. The molecular weight excluding hydrogens is 511 g/mol. The van der Waals surface area contributed by atoms with Crippen LogP contribution < -0.4 is 11.1 Å². The Balaban J connectivity index is 1.38. The molecule has 1 atom stereocenters. The highest BCUT2D eigenvalue weighted by molar-refractivity contribution is 7.85. The van der Waals surface area contributed by atoms with Gasteiger partial charge in [0.05, 0.1) is 37.4 Å². The Morgan fingerprint density at radius 2 is 1.91 bits per heavy atom. The van der Waals surface area contributed by atoms with Crippen LogP contribution in [0.5, 0.6) is 0 Å². The highest BCUT2D eigenvalue weighted by atomic mass is 35.5. The van der Waals surface area contributed by atoms with Gasteiger partial charge in [-0.25, -0.2) is 14.9 Å². The quantitative estimate of drug-likeness (QED) is 0.312. The summed E-state index contributed by atoms with van der Waals surface area (Å²) in [5, 5.41) is 17.1. The van der Waals surface area contributed by atoms with E-state index >= 15 is 0 Å². The number of rotatable bonds is 7. The average Bonchev–Trinajstić information content (AvgIpc) is 3.53. The van der Waals surface area contributed by atoms with Crippen LogP contribution in [0.3, 0.4) is 0 Å². The molecule has 1 aliphatic rings. The van der Waals surface area contributed by atoms with Crippen molar-refractivity contribution in [2.75, 3.05) is 5.32 Å². The largest absolute Gasteiger partial charge is 0.434 e. The highest BCUT2D eigenvalue weighted by Crippen LogP contribution is 2.43. The van der Waals surface area contributed by atoms with E-state index < -0.39 is 22.0 Å². The molecule has 5 rings (SSSR count). The zero-order valence-corrected chi connectivity index (χ0v) is 20.8. The molecule has 1 saturated carbocycles. The monoisotopic (exact) mass is 532 g/mol. The van der Waals surface area contributed by atoms with Gasteiger partial charge >= 0.3 is 5.76 Å². The van der Waals surface area contributed by atoms with E-state index in [1.54, 1.807) is 24.4 Å². The number of benzene rings is 1. The number of halogens is 2. The van der Waals surface area contributed by atoms with Crippen LogP contribution in [0.15, 0.2) is 62.8 Å². The number of anilines is 2. The van der Waals surface area contributed by atoms with Crippen molar-refractivity contribution in [1.82, 2.24) is 25.4 Å². The number of nitrogens with one attached hydrogen (secondary N) is 3. The van der Waals surface area contributed by atoms with E-state index in [1.165, 1.54) is 0 Å². The summed E-state index contributed by atoms with van der Waals surface area (Å²) in [7, 11) is -1.32. The van der Waals surface area contributed by atoms with Gasteiger partial charge in [-0.3, -0.25) is 9.31 Å². The van der Waals surface area contributed by atoms with Crippen molar-refractivity contribution in [2.24, 2.45) is 0 Å². The van der Waals surface area contributed by atoms with Gasteiger partial charge in [-0.1, -0.05) is 35.3 Å². The summed E-state index contributed by atoms with van der Waals surface area (Å²) < 4.78 is 18.8. The predicted molar refractivity (Wildman–Crippen MR) is 134 cm³/mol. The third-order valence-electron chi connectivity index (χ3n) is 6.31. The minimum Gasteiger partial charge on any atom is -0.392 e. The molecule has 3 aromatic heterocycles. The first-order chi connectivity index (χ1) is 16.9. The second-order valence-corrected chi connectivity index (χ2v) is 11.0. The van der Waals surface area contributed by atoms with Gasteiger partial charge in [-0.2, -0.15) is 5.10 Å². The van der Waals surface area contributed by atoms with E-state index in [4.69, 9.17) is 32.6 Å². The summed E-state index contributed by atoms with van der Waals surface area (Å²) >= 11 is 12.5. The molecule has 0 saturated heterocycles. The van der Waals surface area contributed by atoms with E-state index in [0.717, 1.165) is 11.5 Å². The van der Waals surface area contributed by atoms with Gasteiger partial charge in [0.1, 0.15) is 11.6 Å². The molecule has 0 spiro atoms. The minimum absolute atomic E-state index is 0.105. The molecule has 35 heavy (non-hydrogen) atoms. The fourth-order valence-corrected chi connectivity index (χ4v) is 6.66. The maximum atomic E-state index is 13.3. The molecule has 4 aromatic rings. The SMILES string of the molecule is O=c1[nH]nc(C2(Cc3cccc(Nc4ccn[nH]4)n3)CCC(S(=O)c3cccc(Cl)c3Cl)CC2)o1. The molecule has 12 heteroatoms. The zero-order chi connectivity index (χ0) is 24.4. The third-order valence-corrected chi connectivity index (χ3v) is 9.09. The first-order valence-electron chi connectivity index (χ1n) is 11.1. The Hall–Kier alpha value is -2.95. The summed E-state index contributed by atoms with van der Waals surface area (Å²) in [5.41, 5.74) is 0.259.